The molecular formula is C18H29N3O2S. The van der Waals surface area contributed by atoms with Crippen LogP contribution < -0.4 is 10.6 Å². The zero-order chi connectivity index (χ0) is 17.6. The van der Waals surface area contributed by atoms with E-state index in [-0.39, 0.29) is 23.4 Å². The summed E-state index contributed by atoms with van der Waals surface area (Å²) in [7, 11) is 5.92. The maximum atomic E-state index is 12.1. The summed E-state index contributed by atoms with van der Waals surface area (Å²) in [4.78, 5) is 27.0. The first-order valence-corrected chi connectivity index (χ1v) is 9.57. The van der Waals surface area contributed by atoms with Crippen molar-refractivity contribution in [3.8, 4) is 0 Å². The average Bonchev–Trinajstić information content (AvgIpc) is 3.10. The third-order valence-corrected chi connectivity index (χ3v) is 6.16. The SMILES string of the molecule is CNC(=O)CCCC(=O)NC1CCC(c2cccs2)(N(C)C)CC1. The summed E-state index contributed by atoms with van der Waals surface area (Å²) in [6.07, 6.45) is 5.56. The van der Waals surface area contributed by atoms with Crippen molar-refractivity contribution in [1.29, 1.82) is 0 Å². The third kappa shape index (κ3) is 4.57. The van der Waals surface area contributed by atoms with Crippen molar-refractivity contribution in [2.24, 2.45) is 0 Å². The molecule has 0 aromatic carbocycles. The second-order valence-corrected chi connectivity index (χ2v) is 7.72. The van der Waals surface area contributed by atoms with Gasteiger partial charge < -0.3 is 10.6 Å². The van der Waals surface area contributed by atoms with Crippen molar-refractivity contribution in [3.05, 3.63) is 22.4 Å². The molecule has 0 aliphatic heterocycles. The van der Waals surface area contributed by atoms with Crippen LogP contribution in [0, 0.1) is 0 Å². The maximum absolute atomic E-state index is 12.1. The van der Waals surface area contributed by atoms with Crippen molar-refractivity contribution < 1.29 is 9.59 Å². The van der Waals surface area contributed by atoms with Gasteiger partial charge in [-0.05, 0) is 57.6 Å². The highest BCUT2D eigenvalue weighted by molar-refractivity contribution is 7.10. The Morgan fingerprint density at radius 2 is 1.92 bits per heavy atom. The maximum Gasteiger partial charge on any atom is 0.220 e. The van der Waals surface area contributed by atoms with Gasteiger partial charge in [-0.25, -0.2) is 0 Å². The van der Waals surface area contributed by atoms with E-state index in [4.69, 9.17) is 0 Å². The highest BCUT2D eigenvalue weighted by Crippen LogP contribution is 2.42. The molecule has 1 fully saturated rings. The Bertz CT molecular complexity index is 534. The molecule has 1 heterocycles. The molecule has 1 aliphatic carbocycles. The molecule has 0 atom stereocenters. The second kappa shape index (κ2) is 8.62. The first kappa shape index (κ1) is 18.9. The van der Waals surface area contributed by atoms with Crippen molar-refractivity contribution in [1.82, 2.24) is 15.5 Å². The van der Waals surface area contributed by atoms with Crippen LogP contribution >= 0.6 is 11.3 Å². The molecule has 0 bridgehead atoms. The van der Waals surface area contributed by atoms with Crippen LogP contribution in [0.2, 0.25) is 0 Å². The number of nitrogens with zero attached hydrogens (tertiary/aromatic N) is 1. The lowest BCUT2D eigenvalue weighted by atomic mass is 9.77. The summed E-state index contributed by atoms with van der Waals surface area (Å²) >= 11 is 1.82. The molecular weight excluding hydrogens is 322 g/mol. The topological polar surface area (TPSA) is 61.4 Å². The number of carbonyl (C=O) groups excluding carboxylic acids is 2. The molecule has 1 saturated carbocycles. The Morgan fingerprint density at radius 3 is 2.46 bits per heavy atom. The smallest absolute Gasteiger partial charge is 0.220 e. The Morgan fingerprint density at radius 1 is 1.25 bits per heavy atom. The lowest BCUT2D eigenvalue weighted by molar-refractivity contribution is -0.123. The molecule has 2 N–H and O–H groups in total. The van der Waals surface area contributed by atoms with Gasteiger partial charge >= 0.3 is 0 Å². The lowest BCUT2D eigenvalue weighted by Gasteiger charge is -2.44. The van der Waals surface area contributed by atoms with E-state index < -0.39 is 0 Å². The molecule has 0 saturated heterocycles. The van der Waals surface area contributed by atoms with Crippen LogP contribution in [-0.2, 0) is 15.1 Å². The van der Waals surface area contributed by atoms with Crippen molar-refractivity contribution >= 4 is 23.2 Å². The van der Waals surface area contributed by atoms with E-state index in [9.17, 15) is 9.59 Å². The largest absolute Gasteiger partial charge is 0.359 e. The van der Waals surface area contributed by atoms with Gasteiger partial charge in [-0.3, -0.25) is 14.5 Å². The Kier molecular flexibility index (Phi) is 6.80. The van der Waals surface area contributed by atoms with E-state index in [0.29, 0.717) is 19.3 Å². The number of carbonyl (C=O) groups is 2. The van der Waals surface area contributed by atoms with Crippen LogP contribution in [0.25, 0.3) is 0 Å². The molecule has 24 heavy (non-hydrogen) atoms. The van der Waals surface area contributed by atoms with Crippen LogP contribution in [-0.4, -0.2) is 43.9 Å². The molecule has 0 radical (unpaired) electrons. The van der Waals surface area contributed by atoms with Gasteiger partial charge in [0.05, 0.1) is 5.54 Å². The summed E-state index contributed by atoms with van der Waals surface area (Å²) in [6, 6.07) is 4.60. The number of hydrogen-bond acceptors (Lipinski definition) is 4. The number of rotatable bonds is 7. The minimum Gasteiger partial charge on any atom is -0.359 e. The zero-order valence-corrected chi connectivity index (χ0v) is 15.7. The summed E-state index contributed by atoms with van der Waals surface area (Å²) in [6.45, 7) is 0. The van der Waals surface area contributed by atoms with Crippen LogP contribution in [0.4, 0.5) is 0 Å². The molecule has 1 aliphatic rings. The standard InChI is InChI=1S/C18H29N3O2S/c1-19-16(22)7-4-8-17(23)20-14-9-11-18(12-10-14,21(2)3)15-6-5-13-24-15/h5-6,13-14H,4,7-12H2,1-3H3,(H,19,22)(H,20,23). The van der Waals surface area contributed by atoms with E-state index in [0.717, 1.165) is 25.7 Å². The number of amides is 2. The Labute approximate surface area is 148 Å². The molecule has 2 amide bonds. The molecule has 5 nitrogen and oxygen atoms in total. The van der Waals surface area contributed by atoms with E-state index in [1.807, 2.05) is 11.3 Å². The minimum atomic E-state index is -0.00724. The first-order chi connectivity index (χ1) is 11.5. The number of thiophene rings is 1. The molecule has 2 rings (SSSR count). The summed E-state index contributed by atoms with van der Waals surface area (Å²) in [5, 5.41) is 7.87. The second-order valence-electron chi connectivity index (χ2n) is 6.77. The van der Waals surface area contributed by atoms with Crippen molar-refractivity contribution in [2.75, 3.05) is 21.1 Å². The van der Waals surface area contributed by atoms with Crippen LogP contribution in [0.1, 0.15) is 49.8 Å². The fourth-order valence-electron chi connectivity index (χ4n) is 3.53. The van der Waals surface area contributed by atoms with Crippen LogP contribution in [0.3, 0.4) is 0 Å². The van der Waals surface area contributed by atoms with Gasteiger partial charge in [-0.2, -0.15) is 0 Å². The highest BCUT2D eigenvalue weighted by atomic mass is 32.1. The van der Waals surface area contributed by atoms with Gasteiger partial charge in [-0.1, -0.05) is 6.07 Å². The van der Waals surface area contributed by atoms with Gasteiger partial charge in [0.2, 0.25) is 11.8 Å². The van der Waals surface area contributed by atoms with Crippen LogP contribution in [0.5, 0.6) is 0 Å². The average molecular weight is 352 g/mol. The first-order valence-electron chi connectivity index (χ1n) is 8.69. The van der Waals surface area contributed by atoms with Gasteiger partial charge in [-0.15, -0.1) is 11.3 Å². The van der Waals surface area contributed by atoms with Gasteiger partial charge in [0, 0.05) is 30.8 Å². The van der Waals surface area contributed by atoms with E-state index in [1.165, 1.54) is 4.88 Å². The van der Waals surface area contributed by atoms with Crippen LogP contribution in [0.15, 0.2) is 17.5 Å². The quantitative estimate of drug-likeness (QED) is 0.793. The predicted molar refractivity (Wildman–Crippen MR) is 98.0 cm³/mol. The molecule has 6 heteroatoms. The molecule has 1 aromatic heterocycles. The zero-order valence-electron chi connectivity index (χ0n) is 14.9. The Hall–Kier alpha value is -1.40. The normalized spacial score (nSPS) is 23.9. The summed E-state index contributed by atoms with van der Waals surface area (Å²) < 4.78 is 0. The van der Waals surface area contributed by atoms with Crippen molar-refractivity contribution in [3.63, 3.8) is 0 Å². The Balaban J connectivity index is 1.81. The van der Waals surface area contributed by atoms with E-state index in [2.05, 4.69) is 47.1 Å². The van der Waals surface area contributed by atoms with Gasteiger partial charge in [0.15, 0.2) is 0 Å². The molecule has 134 valence electrons. The fraction of sp³-hybridized carbons (Fsp3) is 0.667. The number of nitrogens with one attached hydrogen (secondary N) is 2. The molecule has 0 spiro atoms. The summed E-state index contributed by atoms with van der Waals surface area (Å²) in [5.41, 5.74) is 0.106. The summed E-state index contributed by atoms with van der Waals surface area (Å²) in [5.74, 6) is 0.0598. The number of hydrogen-bond donors (Lipinski definition) is 2. The monoisotopic (exact) mass is 351 g/mol. The highest BCUT2D eigenvalue weighted by Gasteiger charge is 2.39. The minimum absolute atomic E-state index is 0.00724. The molecule has 0 unspecified atom stereocenters. The van der Waals surface area contributed by atoms with Gasteiger partial charge in [0.25, 0.3) is 0 Å². The van der Waals surface area contributed by atoms with E-state index >= 15 is 0 Å². The molecule has 1 aromatic rings. The predicted octanol–water partition coefficient (Wildman–Crippen LogP) is 2.48. The third-order valence-electron chi connectivity index (χ3n) is 5.10. The fourth-order valence-corrected chi connectivity index (χ4v) is 4.60. The lowest BCUT2D eigenvalue weighted by Crippen LogP contribution is -2.48. The van der Waals surface area contributed by atoms with Gasteiger partial charge in [0.1, 0.15) is 0 Å². The van der Waals surface area contributed by atoms with E-state index in [1.54, 1.807) is 7.05 Å². The van der Waals surface area contributed by atoms with Crippen molar-refractivity contribution in [2.45, 2.75) is 56.5 Å².